The van der Waals surface area contributed by atoms with E-state index < -0.39 is 8.25 Å². The maximum atomic E-state index is 11.6. The second kappa shape index (κ2) is 5.47. The Morgan fingerprint density at radius 1 is 0.722 bits per heavy atom. The van der Waals surface area contributed by atoms with Gasteiger partial charge in [-0.15, -0.1) is 0 Å². The van der Waals surface area contributed by atoms with Crippen LogP contribution in [0.2, 0.25) is 0 Å². The SMILES string of the molecule is Nc1ccc(O[PH](=O)Oc2ccc(N)cc2)cc1. The minimum Gasteiger partial charge on any atom is -0.418 e. The van der Waals surface area contributed by atoms with Crippen molar-refractivity contribution in [2.45, 2.75) is 0 Å². The molecular formula is C12H13N2O3P. The van der Waals surface area contributed by atoms with Crippen LogP contribution in [0.1, 0.15) is 0 Å². The monoisotopic (exact) mass is 264 g/mol. The molecule has 6 heteroatoms. The fourth-order valence-corrected chi connectivity index (χ4v) is 1.98. The Bertz CT molecular complexity index is 491. The van der Waals surface area contributed by atoms with Crippen molar-refractivity contribution in [3.63, 3.8) is 0 Å². The zero-order valence-corrected chi connectivity index (χ0v) is 10.5. The van der Waals surface area contributed by atoms with E-state index in [2.05, 4.69) is 0 Å². The Kier molecular flexibility index (Phi) is 3.75. The molecule has 0 aromatic heterocycles. The first-order valence-corrected chi connectivity index (χ1v) is 6.47. The van der Waals surface area contributed by atoms with Gasteiger partial charge in [-0.3, -0.25) is 0 Å². The largest absolute Gasteiger partial charge is 0.418 e. The van der Waals surface area contributed by atoms with Crippen LogP contribution in [0.25, 0.3) is 0 Å². The lowest BCUT2D eigenvalue weighted by Gasteiger charge is -2.08. The topological polar surface area (TPSA) is 87.6 Å². The van der Waals surface area contributed by atoms with Gasteiger partial charge in [-0.25, -0.2) is 4.57 Å². The van der Waals surface area contributed by atoms with Gasteiger partial charge in [0, 0.05) is 11.4 Å². The lowest BCUT2D eigenvalue weighted by atomic mass is 10.3. The average molecular weight is 264 g/mol. The Hall–Kier alpha value is -2.13. The third kappa shape index (κ3) is 3.43. The van der Waals surface area contributed by atoms with Gasteiger partial charge < -0.3 is 20.5 Å². The van der Waals surface area contributed by atoms with E-state index in [9.17, 15) is 4.57 Å². The van der Waals surface area contributed by atoms with Crippen molar-refractivity contribution in [2.75, 3.05) is 11.5 Å². The second-order valence-electron chi connectivity index (χ2n) is 3.59. The smallest absolute Gasteiger partial charge is 0.418 e. The van der Waals surface area contributed by atoms with E-state index in [0.29, 0.717) is 22.9 Å². The van der Waals surface area contributed by atoms with Gasteiger partial charge in [0.05, 0.1) is 0 Å². The number of hydrogen-bond donors (Lipinski definition) is 2. The van der Waals surface area contributed by atoms with Crippen LogP contribution in [-0.2, 0) is 4.57 Å². The van der Waals surface area contributed by atoms with Gasteiger partial charge in [0.15, 0.2) is 0 Å². The number of rotatable bonds is 4. The molecule has 0 unspecified atom stereocenters. The van der Waals surface area contributed by atoms with Crippen LogP contribution in [0.15, 0.2) is 48.5 Å². The molecule has 0 aliphatic heterocycles. The number of nitrogens with two attached hydrogens (primary N) is 2. The highest BCUT2D eigenvalue weighted by Crippen LogP contribution is 2.30. The molecule has 0 aliphatic rings. The number of benzene rings is 2. The average Bonchev–Trinajstić information content (AvgIpc) is 2.35. The van der Waals surface area contributed by atoms with Gasteiger partial charge in [0.25, 0.3) is 0 Å². The molecule has 0 aliphatic carbocycles. The first-order chi connectivity index (χ1) is 8.63. The summed E-state index contributed by atoms with van der Waals surface area (Å²) in [6.45, 7) is 0. The van der Waals surface area contributed by atoms with Crippen molar-refractivity contribution in [3.8, 4) is 11.5 Å². The van der Waals surface area contributed by atoms with E-state index in [1.807, 2.05) is 0 Å². The summed E-state index contributed by atoms with van der Waals surface area (Å²) in [7, 11) is -2.65. The second-order valence-corrected chi connectivity index (χ2v) is 4.50. The van der Waals surface area contributed by atoms with E-state index in [0.717, 1.165) is 0 Å². The number of anilines is 2. The summed E-state index contributed by atoms with van der Waals surface area (Å²) in [6.07, 6.45) is 0. The predicted octanol–water partition coefficient (Wildman–Crippen LogP) is 2.70. The third-order valence-corrected chi connectivity index (χ3v) is 2.97. The standard InChI is InChI=1S/C12H13N2O3P/c13-9-1-5-11(6-2-9)16-18(15)17-12-7-3-10(14)4-8-12/h1-8,18H,13-14H2. The summed E-state index contributed by atoms with van der Waals surface area (Å²) in [5, 5.41) is 0. The lowest BCUT2D eigenvalue weighted by Crippen LogP contribution is -1.90. The highest BCUT2D eigenvalue weighted by Gasteiger charge is 2.03. The van der Waals surface area contributed by atoms with Crippen LogP contribution < -0.4 is 20.5 Å². The molecule has 2 rings (SSSR count). The number of nitrogen functional groups attached to an aromatic ring is 2. The third-order valence-electron chi connectivity index (χ3n) is 2.16. The van der Waals surface area contributed by atoms with E-state index in [4.69, 9.17) is 20.5 Å². The highest BCUT2D eigenvalue weighted by atomic mass is 31.1. The Morgan fingerprint density at radius 2 is 1.06 bits per heavy atom. The van der Waals surface area contributed by atoms with Crippen molar-refractivity contribution < 1.29 is 13.6 Å². The van der Waals surface area contributed by atoms with E-state index in [-0.39, 0.29) is 0 Å². The molecule has 0 spiro atoms. The quantitative estimate of drug-likeness (QED) is 0.654. The summed E-state index contributed by atoms with van der Waals surface area (Å²) < 4.78 is 21.9. The van der Waals surface area contributed by atoms with Crippen molar-refractivity contribution in [3.05, 3.63) is 48.5 Å². The Labute approximate surface area is 105 Å². The fraction of sp³-hybridized carbons (Fsp3) is 0. The fourth-order valence-electron chi connectivity index (χ4n) is 1.29. The maximum Gasteiger partial charge on any atom is 0.418 e. The summed E-state index contributed by atoms with van der Waals surface area (Å²) in [5.41, 5.74) is 12.3. The summed E-state index contributed by atoms with van der Waals surface area (Å²) in [4.78, 5) is 0. The molecule has 4 N–H and O–H groups in total. The lowest BCUT2D eigenvalue weighted by molar-refractivity contribution is 0.415. The summed E-state index contributed by atoms with van der Waals surface area (Å²) >= 11 is 0. The first kappa shape index (κ1) is 12.3. The molecule has 0 amide bonds. The molecule has 2 aromatic carbocycles. The molecule has 0 atom stereocenters. The molecule has 0 saturated heterocycles. The minimum absolute atomic E-state index is 0.448. The number of hydrogen-bond acceptors (Lipinski definition) is 5. The molecule has 18 heavy (non-hydrogen) atoms. The van der Waals surface area contributed by atoms with E-state index >= 15 is 0 Å². The van der Waals surface area contributed by atoms with Gasteiger partial charge in [-0.1, -0.05) is 0 Å². The van der Waals surface area contributed by atoms with Crippen LogP contribution in [0.5, 0.6) is 11.5 Å². The van der Waals surface area contributed by atoms with Gasteiger partial charge in [-0.2, -0.15) is 0 Å². The Balaban J connectivity index is 1.96. The van der Waals surface area contributed by atoms with Crippen LogP contribution in [0.4, 0.5) is 11.4 Å². The highest BCUT2D eigenvalue weighted by molar-refractivity contribution is 7.34. The maximum absolute atomic E-state index is 11.6. The summed E-state index contributed by atoms with van der Waals surface area (Å²) in [6, 6.07) is 13.2. The van der Waals surface area contributed by atoms with Crippen LogP contribution in [-0.4, -0.2) is 0 Å². The molecule has 0 bridgehead atoms. The minimum atomic E-state index is -2.65. The van der Waals surface area contributed by atoms with Crippen LogP contribution in [0.3, 0.4) is 0 Å². The Morgan fingerprint density at radius 3 is 1.39 bits per heavy atom. The molecule has 2 aromatic rings. The van der Waals surface area contributed by atoms with Crippen molar-refractivity contribution >= 4 is 19.6 Å². The molecular weight excluding hydrogens is 251 g/mol. The molecule has 5 nitrogen and oxygen atoms in total. The van der Waals surface area contributed by atoms with Crippen LogP contribution >= 0.6 is 8.25 Å². The zero-order chi connectivity index (χ0) is 13.0. The van der Waals surface area contributed by atoms with E-state index in [1.165, 1.54) is 0 Å². The van der Waals surface area contributed by atoms with Gasteiger partial charge >= 0.3 is 8.25 Å². The van der Waals surface area contributed by atoms with Gasteiger partial charge in [0.1, 0.15) is 11.5 Å². The molecule has 0 radical (unpaired) electrons. The zero-order valence-electron chi connectivity index (χ0n) is 9.50. The van der Waals surface area contributed by atoms with Gasteiger partial charge in [0.2, 0.25) is 0 Å². The predicted molar refractivity (Wildman–Crippen MR) is 72.0 cm³/mol. The van der Waals surface area contributed by atoms with E-state index in [1.54, 1.807) is 48.5 Å². The van der Waals surface area contributed by atoms with Gasteiger partial charge in [-0.05, 0) is 48.5 Å². The molecule has 0 fully saturated rings. The normalized spacial score (nSPS) is 10.3. The van der Waals surface area contributed by atoms with Crippen LogP contribution in [0, 0.1) is 0 Å². The first-order valence-electron chi connectivity index (χ1n) is 5.24. The molecule has 94 valence electrons. The van der Waals surface area contributed by atoms with Crippen molar-refractivity contribution in [2.24, 2.45) is 0 Å². The van der Waals surface area contributed by atoms with Crippen molar-refractivity contribution in [1.82, 2.24) is 0 Å². The summed E-state index contributed by atoms with van der Waals surface area (Å²) in [5.74, 6) is 0.895. The molecule has 0 saturated carbocycles. The molecule has 0 heterocycles. The van der Waals surface area contributed by atoms with Crippen molar-refractivity contribution in [1.29, 1.82) is 0 Å².